The molecule has 0 fully saturated rings. The van der Waals surface area contributed by atoms with Crippen LogP contribution in [0.2, 0.25) is 5.02 Å². The summed E-state index contributed by atoms with van der Waals surface area (Å²) >= 11 is 6.03. The molecule has 4 N–H and O–H groups in total. The second kappa shape index (κ2) is 6.57. The van der Waals surface area contributed by atoms with Gasteiger partial charge in [-0.2, -0.15) is 5.10 Å². The summed E-state index contributed by atoms with van der Waals surface area (Å²) < 4.78 is 14.3. The van der Waals surface area contributed by atoms with Gasteiger partial charge in [-0.15, -0.1) is 5.10 Å². The summed E-state index contributed by atoms with van der Waals surface area (Å²) in [6.07, 6.45) is 2.85. The third-order valence-corrected chi connectivity index (χ3v) is 4.33. The van der Waals surface area contributed by atoms with Crippen molar-refractivity contribution in [3.8, 4) is 0 Å². The minimum Gasteiger partial charge on any atom is -0.369 e. The molecule has 1 aliphatic rings. The predicted molar refractivity (Wildman–Crippen MR) is 93.8 cm³/mol. The van der Waals surface area contributed by atoms with E-state index in [0.29, 0.717) is 29.1 Å². The van der Waals surface area contributed by atoms with Crippen LogP contribution in [0.15, 0.2) is 40.7 Å². The van der Waals surface area contributed by atoms with E-state index in [1.54, 1.807) is 12.3 Å². The van der Waals surface area contributed by atoms with Crippen LogP contribution in [0.25, 0.3) is 0 Å². The Hall–Kier alpha value is -2.47. The maximum atomic E-state index is 14.3. The monoisotopic (exact) mass is 345 g/mol. The van der Waals surface area contributed by atoms with Gasteiger partial charge >= 0.3 is 0 Å². The number of nitrogens with zero attached hydrogens (tertiary/aromatic N) is 3. The van der Waals surface area contributed by atoms with Gasteiger partial charge in [0.15, 0.2) is 0 Å². The van der Waals surface area contributed by atoms with Gasteiger partial charge in [-0.3, -0.25) is 4.98 Å². The highest BCUT2D eigenvalue weighted by Crippen LogP contribution is 2.35. The van der Waals surface area contributed by atoms with Crippen LogP contribution in [-0.2, 0) is 6.42 Å². The maximum absolute atomic E-state index is 14.3. The fourth-order valence-electron chi connectivity index (χ4n) is 3.06. The first kappa shape index (κ1) is 16.4. The van der Waals surface area contributed by atoms with Crippen molar-refractivity contribution in [1.82, 2.24) is 4.98 Å². The van der Waals surface area contributed by atoms with Crippen molar-refractivity contribution in [3.63, 3.8) is 0 Å². The molecule has 7 heteroatoms. The Kier molecular flexibility index (Phi) is 4.49. The first-order valence-electron chi connectivity index (χ1n) is 7.51. The number of pyridine rings is 1. The second-order valence-electron chi connectivity index (χ2n) is 5.79. The first-order chi connectivity index (χ1) is 11.5. The van der Waals surface area contributed by atoms with Crippen LogP contribution in [0, 0.1) is 12.7 Å². The molecule has 0 amide bonds. The van der Waals surface area contributed by atoms with Crippen LogP contribution >= 0.6 is 11.6 Å². The second-order valence-corrected chi connectivity index (χ2v) is 6.23. The normalized spacial score (nSPS) is 18.3. The molecule has 0 saturated carbocycles. The topological polar surface area (TPSA) is 89.6 Å². The number of hydrogen-bond donors (Lipinski definition) is 2. The lowest BCUT2D eigenvalue weighted by molar-refractivity contribution is 0.572. The Balaban J connectivity index is 2.10. The maximum Gasteiger partial charge on any atom is 0.211 e. The van der Waals surface area contributed by atoms with Gasteiger partial charge < -0.3 is 11.5 Å². The van der Waals surface area contributed by atoms with Gasteiger partial charge in [0.25, 0.3) is 0 Å². The highest BCUT2D eigenvalue weighted by atomic mass is 35.5. The van der Waals surface area contributed by atoms with Crippen LogP contribution < -0.4 is 11.5 Å². The summed E-state index contributed by atoms with van der Waals surface area (Å²) in [5, 5.41) is 8.44. The summed E-state index contributed by atoms with van der Waals surface area (Å²) in [6, 6.07) is 6.47. The average Bonchev–Trinajstić information content (AvgIpc) is 2.54. The van der Waals surface area contributed by atoms with Crippen LogP contribution in [0.5, 0.6) is 0 Å². The van der Waals surface area contributed by atoms with E-state index in [-0.39, 0.29) is 17.7 Å². The number of guanidine groups is 1. The third kappa shape index (κ3) is 3.23. The molecule has 3 rings (SSSR count). The van der Waals surface area contributed by atoms with Gasteiger partial charge in [-0.25, -0.2) is 4.39 Å². The number of fused-ring (bicyclic) bond motifs is 1. The fraction of sp³-hybridized carbons (Fsp3) is 0.235. The van der Waals surface area contributed by atoms with Gasteiger partial charge in [-0.05, 0) is 61.1 Å². The lowest BCUT2D eigenvalue weighted by Gasteiger charge is -2.26. The molecule has 0 saturated heterocycles. The number of aromatic nitrogens is 1. The third-order valence-electron chi connectivity index (χ3n) is 4.09. The molecule has 1 unspecified atom stereocenters. The van der Waals surface area contributed by atoms with Crippen molar-refractivity contribution in [2.24, 2.45) is 21.7 Å². The van der Waals surface area contributed by atoms with E-state index in [0.717, 1.165) is 16.8 Å². The standard InChI is InChI=1S/C17H17ClFN5/c1-9-4-5-22-14-6-10(12-8-11(18)2-3-13(12)19)7-15(16(9)14)23-24-17(20)21/h2-5,8,10H,6-7H2,1H3,(H4,20,21,24)/b23-15-. The average molecular weight is 346 g/mol. The van der Waals surface area contributed by atoms with Gasteiger partial charge in [0.1, 0.15) is 5.82 Å². The number of halogens is 2. The van der Waals surface area contributed by atoms with Crippen LogP contribution in [0.4, 0.5) is 4.39 Å². The minimum absolute atomic E-state index is 0.123. The molecule has 1 aromatic heterocycles. The van der Waals surface area contributed by atoms with Crippen LogP contribution in [-0.4, -0.2) is 16.7 Å². The molecule has 0 bridgehead atoms. The molecule has 1 aromatic carbocycles. The Bertz CT molecular complexity index is 843. The molecule has 1 aliphatic carbocycles. The lowest BCUT2D eigenvalue weighted by atomic mass is 9.80. The number of aryl methyl sites for hydroxylation is 1. The molecule has 0 spiro atoms. The highest BCUT2D eigenvalue weighted by Gasteiger charge is 2.29. The fourth-order valence-corrected chi connectivity index (χ4v) is 3.24. The number of benzene rings is 1. The van der Waals surface area contributed by atoms with Gasteiger partial charge in [0, 0.05) is 16.8 Å². The van der Waals surface area contributed by atoms with Crippen molar-refractivity contribution < 1.29 is 4.39 Å². The molecule has 5 nitrogen and oxygen atoms in total. The quantitative estimate of drug-likeness (QED) is 0.498. The minimum atomic E-state index is -0.290. The number of hydrogen-bond acceptors (Lipinski definition) is 3. The van der Waals surface area contributed by atoms with Crippen molar-refractivity contribution in [2.75, 3.05) is 0 Å². The van der Waals surface area contributed by atoms with E-state index >= 15 is 0 Å². The summed E-state index contributed by atoms with van der Waals surface area (Å²) in [6.45, 7) is 1.98. The Morgan fingerprint density at radius 1 is 1.29 bits per heavy atom. The van der Waals surface area contributed by atoms with Gasteiger partial charge in [0.05, 0.1) is 11.4 Å². The Labute approximate surface area is 144 Å². The van der Waals surface area contributed by atoms with Crippen LogP contribution in [0.3, 0.4) is 0 Å². The zero-order valence-electron chi connectivity index (χ0n) is 13.1. The molecular formula is C17H17ClFN5. The SMILES string of the molecule is Cc1ccnc2c1/C(=N\N=C(N)N)CC(c1cc(Cl)ccc1F)C2. The largest absolute Gasteiger partial charge is 0.369 e. The molecular weight excluding hydrogens is 329 g/mol. The summed E-state index contributed by atoms with van der Waals surface area (Å²) in [5.74, 6) is -0.540. The van der Waals surface area contributed by atoms with E-state index in [9.17, 15) is 4.39 Å². The molecule has 1 heterocycles. The van der Waals surface area contributed by atoms with E-state index < -0.39 is 0 Å². The summed E-state index contributed by atoms with van der Waals surface area (Å²) in [4.78, 5) is 4.44. The highest BCUT2D eigenvalue weighted by molar-refractivity contribution is 6.30. The molecule has 124 valence electrons. The zero-order chi connectivity index (χ0) is 17.3. The lowest BCUT2D eigenvalue weighted by Crippen LogP contribution is -2.24. The van der Waals surface area contributed by atoms with Gasteiger partial charge in [0.2, 0.25) is 5.96 Å². The van der Waals surface area contributed by atoms with Crippen molar-refractivity contribution in [1.29, 1.82) is 0 Å². The zero-order valence-corrected chi connectivity index (χ0v) is 13.9. The van der Waals surface area contributed by atoms with Crippen molar-refractivity contribution in [3.05, 3.63) is 63.7 Å². The summed E-state index contributed by atoms with van der Waals surface area (Å²) in [7, 11) is 0. The molecule has 0 aliphatic heterocycles. The van der Waals surface area contributed by atoms with Crippen LogP contribution in [0.1, 0.15) is 34.7 Å². The Morgan fingerprint density at radius 2 is 2.08 bits per heavy atom. The van der Waals surface area contributed by atoms with E-state index in [2.05, 4.69) is 15.2 Å². The van der Waals surface area contributed by atoms with Crippen molar-refractivity contribution >= 4 is 23.3 Å². The first-order valence-corrected chi connectivity index (χ1v) is 7.88. The molecule has 2 aromatic rings. The van der Waals surface area contributed by atoms with E-state index in [1.165, 1.54) is 12.1 Å². The number of nitrogens with two attached hydrogens (primary N) is 2. The molecule has 0 radical (unpaired) electrons. The Morgan fingerprint density at radius 3 is 2.83 bits per heavy atom. The van der Waals surface area contributed by atoms with Crippen molar-refractivity contribution in [2.45, 2.75) is 25.7 Å². The smallest absolute Gasteiger partial charge is 0.211 e. The predicted octanol–water partition coefficient (Wildman–Crippen LogP) is 2.89. The van der Waals surface area contributed by atoms with E-state index in [1.807, 2.05) is 13.0 Å². The van der Waals surface area contributed by atoms with E-state index in [4.69, 9.17) is 23.1 Å². The molecule has 24 heavy (non-hydrogen) atoms. The van der Waals surface area contributed by atoms with Gasteiger partial charge in [-0.1, -0.05) is 11.6 Å². The number of rotatable bonds is 2. The molecule has 1 atom stereocenters. The summed E-state index contributed by atoms with van der Waals surface area (Å²) in [5.41, 5.74) is 14.8.